The molecule has 1 N–H and O–H groups in total. The van der Waals surface area contributed by atoms with Crippen LogP contribution in [0.5, 0.6) is 0 Å². The van der Waals surface area contributed by atoms with Gasteiger partial charge in [-0.05, 0) is 36.3 Å². The summed E-state index contributed by atoms with van der Waals surface area (Å²) in [5, 5.41) is 3.57. The van der Waals surface area contributed by atoms with E-state index in [9.17, 15) is 0 Å². The predicted octanol–water partition coefficient (Wildman–Crippen LogP) is 5.19. The normalized spacial score (nSPS) is 10.9. The Morgan fingerprint density at radius 1 is 0.688 bits per heavy atom. The van der Waals surface area contributed by atoms with Gasteiger partial charge < -0.3 is 29.3 Å². The van der Waals surface area contributed by atoms with Gasteiger partial charge >= 0.3 is 0 Å². The summed E-state index contributed by atoms with van der Waals surface area (Å²) in [7, 11) is 2.07. The first-order valence-electron chi connectivity index (χ1n) is 12.8. The minimum atomic E-state index is 0. The summed E-state index contributed by atoms with van der Waals surface area (Å²) in [4.78, 5) is 0. The molecule has 2 nitrogen and oxygen atoms in total. The fraction of sp³-hybridized carbons (Fsp3) is 0.552. The van der Waals surface area contributed by atoms with Crippen molar-refractivity contribution in [3.63, 3.8) is 0 Å². The molecule has 32 heavy (non-hydrogen) atoms. The monoisotopic (exact) mass is 548 g/mol. The largest absolute Gasteiger partial charge is 1.00 e. The molecule has 0 aliphatic carbocycles. The van der Waals surface area contributed by atoms with Gasteiger partial charge in [-0.25, -0.2) is 4.57 Å². The Balaban J connectivity index is 0.00000512. The van der Waals surface area contributed by atoms with Gasteiger partial charge in [-0.2, -0.15) is 0 Å². The van der Waals surface area contributed by atoms with Crippen molar-refractivity contribution >= 4 is 17.8 Å². The van der Waals surface area contributed by atoms with Crippen LogP contribution in [0.15, 0.2) is 48.7 Å². The summed E-state index contributed by atoms with van der Waals surface area (Å²) in [6.45, 7) is 3.37. The van der Waals surface area contributed by atoms with Crippen molar-refractivity contribution in [1.82, 2.24) is 0 Å². The van der Waals surface area contributed by atoms with Gasteiger partial charge in [0.25, 0.3) is 0 Å². The van der Waals surface area contributed by atoms with Crippen LogP contribution in [0.2, 0.25) is 0 Å². The van der Waals surface area contributed by atoms with Crippen LogP contribution in [0.4, 0.5) is 5.69 Å². The summed E-state index contributed by atoms with van der Waals surface area (Å²) >= 11 is 0. The van der Waals surface area contributed by atoms with E-state index in [1.165, 1.54) is 100 Å². The number of hydrogen-bond acceptors (Lipinski definition) is 1. The topological polar surface area (TPSA) is 15.9 Å². The van der Waals surface area contributed by atoms with Gasteiger partial charge in [0.1, 0.15) is 7.05 Å². The number of hydrogen-bond donors (Lipinski definition) is 1. The molecular weight excluding hydrogens is 503 g/mol. The van der Waals surface area contributed by atoms with Gasteiger partial charge in [0, 0.05) is 30.4 Å². The second-order valence-corrected chi connectivity index (χ2v) is 8.86. The van der Waals surface area contributed by atoms with E-state index in [1.807, 2.05) is 0 Å². The zero-order chi connectivity index (χ0) is 22.0. The molecule has 1 heterocycles. The summed E-state index contributed by atoms with van der Waals surface area (Å²) in [6, 6.07) is 15.0. The number of nitrogens with zero attached hydrogens (tertiary/aromatic N) is 1. The highest BCUT2D eigenvalue weighted by Gasteiger charge is 1.99. The molecule has 1 aromatic carbocycles. The van der Waals surface area contributed by atoms with E-state index in [4.69, 9.17) is 0 Å². The molecule has 2 aromatic rings. The number of unbranched alkanes of at least 4 members (excludes halogenated alkanes) is 12. The van der Waals surface area contributed by atoms with Crippen LogP contribution in [0, 0.1) is 0 Å². The third kappa shape index (κ3) is 13.2. The third-order valence-electron chi connectivity index (χ3n) is 6.06. The molecule has 0 saturated heterocycles. The Morgan fingerprint density at radius 3 is 1.81 bits per heavy atom. The lowest BCUT2D eigenvalue weighted by atomic mass is 10.0. The molecule has 0 aliphatic heterocycles. The van der Waals surface area contributed by atoms with Gasteiger partial charge in [-0.3, -0.25) is 0 Å². The lowest BCUT2D eigenvalue weighted by molar-refractivity contribution is -0.673. The van der Waals surface area contributed by atoms with Crippen LogP contribution in [0.1, 0.15) is 102 Å². The number of aromatic nitrogens is 1. The van der Waals surface area contributed by atoms with Crippen molar-refractivity contribution in [2.45, 2.75) is 90.4 Å². The highest BCUT2D eigenvalue weighted by atomic mass is 127. The Bertz CT molecular complexity index is 724. The molecule has 2 rings (SSSR count). The number of benzene rings is 1. The van der Waals surface area contributed by atoms with Gasteiger partial charge in [-0.15, -0.1) is 0 Å². The fourth-order valence-corrected chi connectivity index (χ4v) is 3.98. The zero-order valence-corrected chi connectivity index (χ0v) is 22.7. The molecule has 0 aliphatic rings. The van der Waals surface area contributed by atoms with Crippen LogP contribution in [-0.4, -0.2) is 6.54 Å². The number of halogens is 1. The summed E-state index contributed by atoms with van der Waals surface area (Å²) < 4.78 is 2.13. The predicted molar refractivity (Wildman–Crippen MR) is 137 cm³/mol. The van der Waals surface area contributed by atoms with E-state index >= 15 is 0 Å². The number of anilines is 1. The fourth-order valence-electron chi connectivity index (χ4n) is 3.98. The second kappa shape index (κ2) is 19.1. The molecule has 0 bridgehead atoms. The summed E-state index contributed by atoms with van der Waals surface area (Å²) in [5.41, 5.74) is 3.66. The molecule has 3 heteroatoms. The minimum absolute atomic E-state index is 0. The smallest absolute Gasteiger partial charge is 0.204 e. The molecule has 0 saturated carbocycles. The van der Waals surface area contributed by atoms with Crippen molar-refractivity contribution in [3.05, 3.63) is 59.9 Å². The van der Waals surface area contributed by atoms with Gasteiger partial charge in [-0.1, -0.05) is 96.1 Å². The van der Waals surface area contributed by atoms with Crippen molar-refractivity contribution in [2.75, 3.05) is 11.9 Å². The molecule has 0 amide bonds. The van der Waals surface area contributed by atoms with E-state index in [-0.39, 0.29) is 24.0 Å². The Hall–Kier alpha value is -1.36. The standard InChI is InChI=1S/C29H44N2.HI/c1-3-4-5-6-7-8-9-10-11-12-13-14-16-25-30-28-22-19-27(20-23-28)21-24-29-18-15-17-26-31(29)2;/h15,17-24,26H,3-14,16,25H2,1-2H3;1H. The Kier molecular flexibility index (Phi) is 17.2. The molecular formula is C29H45IN2. The van der Waals surface area contributed by atoms with E-state index in [0.29, 0.717) is 0 Å². The SMILES string of the molecule is CCCCCCCCCCCCCCCNc1ccc(C=Cc2cccc[n+]2C)cc1.[I-]. The van der Waals surface area contributed by atoms with E-state index in [1.54, 1.807) is 0 Å². The van der Waals surface area contributed by atoms with Gasteiger partial charge in [0.15, 0.2) is 6.20 Å². The van der Waals surface area contributed by atoms with Crippen LogP contribution in [0.3, 0.4) is 0 Å². The first kappa shape index (κ1) is 28.7. The molecule has 0 unspecified atom stereocenters. The molecule has 0 spiro atoms. The summed E-state index contributed by atoms with van der Waals surface area (Å²) in [5.74, 6) is 0. The molecule has 1 aromatic heterocycles. The first-order chi connectivity index (χ1) is 15.3. The maximum absolute atomic E-state index is 3.57. The van der Waals surface area contributed by atoms with Crippen molar-refractivity contribution in [1.29, 1.82) is 0 Å². The average molecular weight is 549 g/mol. The molecule has 0 atom stereocenters. The van der Waals surface area contributed by atoms with E-state index < -0.39 is 0 Å². The highest BCUT2D eigenvalue weighted by molar-refractivity contribution is 5.68. The second-order valence-electron chi connectivity index (χ2n) is 8.86. The first-order valence-corrected chi connectivity index (χ1v) is 12.8. The van der Waals surface area contributed by atoms with Crippen LogP contribution in [-0.2, 0) is 7.05 Å². The van der Waals surface area contributed by atoms with Crippen LogP contribution < -0.4 is 33.9 Å². The van der Waals surface area contributed by atoms with Crippen molar-refractivity contribution in [3.8, 4) is 0 Å². The molecule has 0 radical (unpaired) electrons. The summed E-state index contributed by atoms with van der Waals surface area (Å²) in [6.07, 6.45) is 24.7. The lowest BCUT2D eigenvalue weighted by Crippen LogP contribution is -3.00. The van der Waals surface area contributed by atoms with Crippen LogP contribution in [0.25, 0.3) is 12.2 Å². The lowest BCUT2D eigenvalue weighted by Gasteiger charge is -2.07. The number of pyridine rings is 1. The van der Waals surface area contributed by atoms with E-state index in [0.717, 1.165) is 6.54 Å². The van der Waals surface area contributed by atoms with Crippen molar-refractivity contribution in [2.24, 2.45) is 7.05 Å². The average Bonchev–Trinajstić information content (AvgIpc) is 2.79. The minimum Gasteiger partial charge on any atom is -1.00 e. The highest BCUT2D eigenvalue weighted by Crippen LogP contribution is 2.14. The van der Waals surface area contributed by atoms with Crippen LogP contribution >= 0.6 is 0 Å². The van der Waals surface area contributed by atoms with Gasteiger partial charge in [0.05, 0.1) is 0 Å². The van der Waals surface area contributed by atoms with Gasteiger partial charge in [0.2, 0.25) is 5.69 Å². The number of rotatable bonds is 17. The number of nitrogens with one attached hydrogen (secondary N) is 1. The van der Waals surface area contributed by atoms with E-state index in [2.05, 4.69) is 84.7 Å². The molecule has 178 valence electrons. The van der Waals surface area contributed by atoms with Crippen molar-refractivity contribution < 1.29 is 28.5 Å². The maximum atomic E-state index is 3.57. The zero-order valence-electron chi connectivity index (χ0n) is 20.5. The Morgan fingerprint density at radius 2 is 1.25 bits per heavy atom. The maximum Gasteiger partial charge on any atom is 0.204 e. The number of aryl methyl sites for hydroxylation is 1. The quantitative estimate of drug-likeness (QED) is 0.164. The Labute approximate surface area is 214 Å². The molecule has 0 fully saturated rings. The third-order valence-corrected chi connectivity index (χ3v) is 6.06.